The molecule has 0 saturated heterocycles. The van der Waals surface area contributed by atoms with E-state index in [1.165, 1.54) is 59.1 Å². The standard InChI is InChI=1S/C31H23NS.C14H14N2/c32-20-21-9-11-25(12-10-21)27-7-4-8-30-31(27)28-19-26(17-18-29(28)33-30)24-15-13-23(14-16-24)22-5-2-1-3-6-22;15-14(13-9-5-2-6-10-13)16-11-12-7-3-1-4-8-12/h1-19H,20,32H2;1-10H,11H2,(H2,15,16). The van der Waals surface area contributed by atoms with E-state index in [0.717, 1.165) is 11.1 Å². The molecule has 0 bridgehead atoms. The Balaban J connectivity index is 0.000000199. The minimum Gasteiger partial charge on any atom is -0.383 e. The Bertz CT molecular complexity index is 2310. The zero-order chi connectivity index (χ0) is 33.4. The van der Waals surface area contributed by atoms with Gasteiger partial charge in [0.15, 0.2) is 0 Å². The number of rotatable bonds is 7. The maximum atomic E-state index is 5.89. The zero-order valence-electron chi connectivity index (χ0n) is 27.2. The summed E-state index contributed by atoms with van der Waals surface area (Å²) in [7, 11) is 0. The molecule has 0 aliphatic carbocycles. The third-order valence-electron chi connectivity index (χ3n) is 8.67. The van der Waals surface area contributed by atoms with Crippen molar-refractivity contribution in [3.8, 4) is 33.4 Å². The smallest absolute Gasteiger partial charge is 0.125 e. The van der Waals surface area contributed by atoms with Crippen LogP contribution in [0.2, 0.25) is 0 Å². The second kappa shape index (κ2) is 15.0. The molecule has 8 rings (SSSR count). The third-order valence-corrected chi connectivity index (χ3v) is 9.80. The maximum Gasteiger partial charge on any atom is 0.125 e. The number of hydrogen-bond acceptors (Lipinski definition) is 3. The summed E-state index contributed by atoms with van der Waals surface area (Å²) >= 11 is 1.86. The van der Waals surface area contributed by atoms with E-state index in [-0.39, 0.29) is 0 Å². The number of fused-ring (bicyclic) bond motifs is 3. The van der Waals surface area contributed by atoms with Crippen molar-refractivity contribution >= 4 is 37.3 Å². The van der Waals surface area contributed by atoms with Gasteiger partial charge in [0.05, 0.1) is 6.54 Å². The molecule has 0 radical (unpaired) electrons. The summed E-state index contributed by atoms with van der Waals surface area (Å²) in [4.78, 5) is 4.36. The average Bonchev–Trinajstić information content (AvgIpc) is 3.57. The number of amidine groups is 1. The molecule has 0 unspecified atom stereocenters. The predicted octanol–water partition coefficient (Wildman–Crippen LogP) is 11.1. The summed E-state index contributed by atoms with van der Waals surface area (Å²) in [5, 5.41) is 2.65. The second-order valence-corrected chi connectivity index (χ2v) is 13.0. The van der Waals surface area contributed by atoms with Crippen LogP contribution in [-0.2, 0) is 13.1 Å². The molecule has 49 heavy (non-hydrogen) atoms. The van der Waals surface area contributed by atoms with Crippen molar-refractivity contribution in [2.75, 3.05) is 0 Å². The third kappa shape index (κ3) is 7.37. The predicted molar refractivity (Wildman–Crippen MR) is 211 cm³/mol. The van der Waals surface area contributed by atoms with Gasteiger partial charge in [0.25, 0.3) is 0 Å². The highest BCUT2D eigenvalue weighted by Crippen LogP contribution is 2.41. The van der Waals surface area contributed by atoms with E-state index in [0.29, 0.717) is 18.9 Å². The highest BCUT2D eigenvalue weighted by Gasteiger charge is 2.12. The molecule has 0 fully saturated rings. The fraction of sp³-hybridized carbons (Fsp3) is 0.0444. The van der Waals surface area contributed by atoms with Crippen molar-refractivity contribution in [1.82, 2.24) is 0 Å². The van der Waals surface area contributed by atoms with Gasteiger partial charge in [-0.15, -0.1) is 11.3 Å². The number of hydrogen-bond donors (Lipinski definition) is 2. The first-order valence-electron chi connectivity index (χ1n) is 16.5. The summed E-state index contributed by atoms with van der Waals surface area (Å²) in [6, 6.07) is 61.4. The molecule has 0 aliphatic heterocycles. The van der Waals surface area contributed by atoms with Crippen LogP contribution in [0.1, 0.15) is 16.7 Å². The Kier molecular flexibility index (Phi) is 9.70. The largest absolute Gasteiger partial charge is 0.383 e. The van der Waals surface area contributed by atoms with Gasteiger partial charge in [0.2, 0.25) is 0 Å². The van der Waals surface area contributed by atoms with Crippen molar-refractivity contribution in [3.63, 3.8) is 0 Å². The van der Waals surface area contributed by atoms with Gasteiger partial charge < -0.3 is 11.5 Å². The molecule has 0 atom stereocenters. The number of nitrogens with two attached hydrogens (primary N) is 2. The quantitative estimate of drug-likeness (QED) is 0.133. The lowest BCUT2D eigenvalue weighted by Gasteiger charge is -2.08. The van der Waals surface area contributed by atoms with Crippen LogP contribution < -0.4 is 11.5 Å². The molecule has 1 aromatic heterocycles. The van der Waals surface area contributed by atoms with E-state index in [4.69, 9.17) is 11.5 Å². The zero-order valence-corrected chi connectivity index (χ0v) is 28.0. The normalized spacial score (nSPS) is 11.3. The summed E-state index contributed by atoms with van der Waals surface area (Å²) in [6.45, 7) is 1.19. The van der Waals surface area contributed by atoms with Crippen LogP contribution in [0.15, 0.2) is 181 Å². The van der Waals surface area contributed by atoms with Gasteiger partial charge in [-0.3, -0.25) is 4.99 Å². The summed E-state index contributed by atoms with van der Waals surface area (Å²) in [6.07, 6.45) is 0. The minimum absolute atomic E-state index is 0.568. The van der Waals surface area contributed by atoms with Crippen LogP contribution >= 0.6 is 11.3 Å². The average molecular weight is 652 g/mol. The van der Waals surface area contributed by atoms with Crippen LogP contribution in [0.5, 0.6) is 0 Å². The molecule has 3 nitrogen and oxygen atoms in total. The van der Waals surface area contributed by atoms with Gasteiger partial charge in [-0.1, -0.05) is 158 Å². The Hall–Kier alpha value is -5.81. The number of aliphatic imine (C=N–C) groups is 1. The fourth-order valence-electron chi connectivity index (χ4n) is 6.01. The topological polar surface area (TPSA) is 64.4 Å². The minimum atomic E-state index is 0.568. The molecule has 0 aliphatic rings. The molecule has 4 N–H and O–H groups in total. The van der Waals surface area contributed by atoms with E-state index >= 15 is 0 Å². The van der Waals surface area contributed by atoms with Crippen LogP contribution in [0.4, 0.5) is 0 Å². The van der Waals surface area contributed by atoms with Gasteiger partial charge in [-0.05, 0) is 62.7 Å². The maximum absolute atomic E-state index is 5.89. The molecule has 0 spiro atoms. The number of thiophene rings is 1. The molecule has 238 valence electrons. The Labute approximate surface area is 291 Å². The van der Waals surface area contributed by atoms with E-state index in [9.17, 15) is 0 Å². The first kappa shape index (κ1) is 31.8. The first-order chi connectivity index (χ1) is 24.2. The van der Waals surface area contributed by atoms with E-state index < -0.39 is 0 Å². The van der Waals surface area contributed by atoms with Gasteiger partial charge in [-0.25, -0.2) is 0 Å². The van der Waals surface area contributed by atoms with Crippen molar-refractivity contribution in [2.45, 2.75) is 13.1 Å². The number of benzene rings is 7. The van der Waals surface area contributed by atoms with Crippen molar-refractivity contribution in [3.05, 3.63) is 193 Å². The summed E-state index contributed by atoms with van der Waals surface area (Å²) in [5.74, 6) is 0.587. The monoisotopic (exact) mass is 651 g/mol. The van der Waals surface area contributed by atoms with Gasteiger partial charge in [0.1, 0.15) is 5.84 Å². The Morgan fingerprint density at radius 2 is 1.06 bits per heavy atom. The second-order valence-electron chi connectivity index (χ2n) is 11.9. The molecule has 1 heterocycles. The SMILES string of the molecule is NC(=NCc1ccccc1)c1ccccc1.NCc1ccc(-c2cccc3sc4ccc(-c5ccc(-c6ccccc6)cc5)cc4c23)cc1. The Morgan fingerprint density at radius 3 is 1.73 bits per heavy atom. The van der Waals surface area contributed by atoms with Crippen LogP contribution in [0.3, 0.4) is 0 Å². The summed E-state index contributed by atoms with van der Waals surface area (Å²) < 4.78 is 2.64. The molecule has 7 aromatic carbocycles. The fourth-order valence-corrected chi connectivity index (χ4v) is 7.13. The van der Waals surface area contributed by atoms with Crippen LogP contribution in [0.25, 0.3) is 53.6 Å². The lowest BCUT2D eigenvalue weighted by molar-refractivity contribution is 1.06. The van der Waals surface area contributed by atoms with Gasteiger partial charge in [0, 0.05) is 32.3 Å². The molecular weight excluding hydrogens is 615 g/mol. The number of nitrogens with zero attached hydrogens (tertiary/aromatic N) is 1. The lowest BCUT2D eigenvalue weighted by atomic mass is 9.96. The van der Waals surface area contributed by atoms with Crippen molar-refractivity contribution in [2.24, 2.45) is 16.5 Å². The molecule has 0 saturated carbocycles. The Morgan fingerprint density at radius 1 is 0.490 bits per heavy atom. The van der Waals surface area contributed by atoms with E-state index in [1.54, 1.807) is 0 Å². The first-order valence-corrected chi connectivity index (χ1v) is 17.3. The lowest BCUT2D eigenvalue weighted by Crippen LogP contribution is -2.13. The highest BCUT2D eigenvalue weighted by atomic mass is 32.1. The van der Waals surface area contributed by atoms with Gasteiger partial charge in [-0.2, -0.15) is 0 Å². The van der Waals surface area contributed by atoms with Crippen LogP contribution in [-0.4, -0.2) is 5.84 Å². The molecular formula is C45H37N3S. The molecule has 8 aromatic rings. The molecule has 4 heteroatoms. The summed E-state index contributed by atoms with van der Waals surface area (Å²) in [5.41, 5.74) is 22.5. The van der Waals surface area contributed by atoms with E-state index in [1.807, 2.05) is 72.0 Å². The van der Waals surface area contributed by atoms with Gasteiger partial charge >= 0.3 is 0 Å². The van der Waals surface area contributed by atoms with Crippen molar-refractivity contribution in [1.29, 1.82) is 0 Å². The highest BCUT2D eigenvalue weighted by molar-refractivity contribution is 7.26. The van der Waals surface area contributed by atoms with Crippen molar-refractivity contribution < 1.29 is 0 Å². The van der Waals surface area contributed by atoms with E-state index in [2.05, 4.69) is 120 Å². The molecule has 0 amide bonds. The van der Waals surface area contributed by atoms with Crippen LogP contribution in [0, 0.1) is 0 Å².